The van der Waals surface area contributed by atoms with E-state index in [-0.39, 0.29) is 11.8 Å². The fourth-order valence-corrected chi connectivity index (χ4v) is 2.70. The Morgan fingerprint density at radius 1 is 1.14 bits per heavy atom. The Kier molecular flexibility index (Phi) is 5.25. The molecule has 1 N–H and O–H groups in total. The molecule has 21 heavy (non-hydrogen) atoms. The predicted octanol–water partition coefficient (Wildman–Crippen LogP) is 4.74. The van der Waals surface area contributed by atoms with Gasteiger partial charge in [-0.25, -0.2) is 0 Å². The molecule has 0 saturated carbocycles. The predicted molar refractivity (Wildman–Crippen MR) is 77.6 cm³/mol. The largest absolute Gasteiger partial charge is 0.573 e. The van der Waals surface area contributed by atoms with Crippen LogP contribution in [0.25, 0.3) is 0 Å². The summed E-state index contributed by atoms with van der Waals surface area (Å²) in [6.07, 6.45) is -3.68. The van der Waals surface area contributed by atoms with Crippen LogP contribution >= 0.6 is 11.3 Å². The van der Waals surface area contributed by atoms with Gasteiger partial charge in [0.15, 0.2) is 0 Å². The Labute approximate surface area is 125 Å². The number of hydrogen-bond donors (Lipinski definition) is 1. The Morgan fingerprint density at radius 2 is 1.86 bits per heavy atom. The molecule has 0 aliphatic rings. The number of rotatable bonds is 6. The average molecular weight is 315 g/mol. The lowest BCUT2D eigenvalue weighted by atomic mass is 10.0. The van der Waals surface area contributed by atoms with E-state index in [0.717, 1.165) is 24.1 Å². The van der Waals surface area contributed by atoms with Gasteiger partial charge in [0.2, 0.25) is 0 Å². The molecule has 1 atom stereocenters. The first-order valence-electron chi connectivity index (χ1n) is 6.61. The fraction of sp³-hybridized carbons (Fsp3) is 0.333. The molecule has 0 bridgehead atoms. The zero-order valence-corrected chi connectivity index (χ0v) is 12.3. The quantitative estimate of drug-likeness (QED) is 0.831. The van der Waals surface area contributed by atoms with E-state index in [0.29, 0.717) is 0 Å². The van der Waals surface area contributed by atoms with Gasteiger partial charge in [0.25, 0.3) is 0 Å². The number of ether oxygens (including phenoxy) is 1. The Bertz CT molecular complexity index is 537. The highest BCUT2D eigenvalue weighted by molar-refractivity contribution is 7.08. The molecule has 2 aromatic rings. The van der Waals surface area contributed by atoms with Gasteiger partial charge in [0.1, 0.15) is 5.75 Å². The van der Waals surface area contributed by atoms with E-state index in [2.05, 4.69) is 17.0 Å². The zero-order chi connectivity index (χ0) is 15.3. The van der Waals surface area contributed by atoms with Crippen molar-refractivity contribution in [3.63, 3.8) is 0 Å². The first kappa shape index (κ1) is 15.9. The lowest BCUT2D eigenvalue weighted by molar-refractivity contribution is -0.274. The second-order valence-corrected chi connectivity index (χ2v) is 5.34. The number of benzene rings is 1. The van der Waals surface area contributed by atoms with E-state index in [1.54, 1.807) is 23.5 Å². The van der Waals surface area contributed by atoms with Gasteiger partial charge in [-0.15, -0.1) is 13.2 Å². The molecular formula is C15H16F3NOS. The summed E-state index contributed by atoms with van der Waals surface area (Å²) in [6, 6.07) is 8.00. The van der Waals surface area contributed by atoms with Crippen LogP contribution in [0.2, 0.25) is 0 Å². The molecule has 0 radical (unpaired) electrons. The van der Waals surface area contributed by atoms with E-state index in [9.17, 15) is 13.2 Å². The maximum absolute atomic E-state index is 12.2. The Balaban J connectivity index is 2.17. The molecule has 2 nitrogen and oxygen atoms in total. The van der Waals surface area contributed by atoms with Crippen LogP contribution in [0.1, 0.15) is 30.5 Å². The van der Waals surface area contributed by atoms with Crippen molar-refractivity contribution in [2.45, 2.75) is 25.7 Å². The molecule has 1 aromatic carbocycles. The minimum absolute atomic E-state index is 0.0175. The lowest BCUT2D eigenvalue weighted by Crippen LogP contribution is -2.22. The summed E-state index contributed by atoms with van der Waals surface area (Å²) in [5, 5.41) is 7.42. The molecule has 0 fully saturated rings. The molecule has 0 aliphatic heterocycles. The van der Waals surface area contributed by atoms with Gasteiger partial charge in [-0.2, -0.15) is 11.3 Å². The average Bonchev–Trinajstić information content (AvgIpc) is 2.93. The van der Waals surface area contributed by atoms with Crippen LogP contribution in [0.3, 0.4) is 0 Å². The van der Waals surface area contributed by atoms with Crippen LogP contribution in [-0.4, -0.2) is 12.9 Å². The van der Waals surface area contributed by atoms with Crippen molar-refractivity contribution in [3.8, 4) is 5.75 Å². The summed E-state index contributed by atoms with van der Waals surface area (Å²) in [7, 11) is 0. The highest BCUT2D eigenvalue weighted by Gasteiger charge is 2.31. The van der Waals surface area contributed by atoms with Crippen molar-refractivity contribution in [2.24, 2.45) is 0 Å². The molecular weight excluding hydrogens is 299 g/mol. The second-order valence-electron chi connectivity index (χ2n) is 4.56. The van der Waals surface area contributed by atoms with E-state index in [1.165, 1.54) is 12.1 Å². The number of alkyl halides is 3. The van der Waals surface area contributed by atoms with Crippen molar-refractivity contribution in [1.29, 1.82) is 0 Å². The van der Waals surface area contributed by atoms with Crippen molar-refractivity contribution in [3.05, 3.63) is 52.2 Å². The second kappa shape index (κ2) is 6.95. The monoisotopic (exact) mass is 315 g/mol. The maximum atomic E-state index is 12.2. The molecule has 1 heterocycles. The topological polar surface area (TPSA) is 21.3 Å². The highest BCUT2D eigenvalue weighted by atomic mass is 32.1. The van der Waals surface area contributed by atoms with Crippen LogP contribution in [0.4, 0.5) is 13.2 Å². The molecule has 1 aromatic heterocycles. The SMILES string of the molecule is CCCNC(c1ccc(OC(F)(F)F)cc1)c1ccsc1. The van der Waals surface area contributed by atoms with Gasteiger partial charge in [-0.05, 0) is 53.1 Å². The van der Waals surface area contributed by atoms with E-state index < -0.39 is 6.36 Å². The summed E-state index contributed by atoms with van der Waals surface area (Å²) in [6.45, 7) is 2.90. The van der Waals surface area contributed by atoms with Crippen molar-refractivity contribution in [1.82, 2.24) is 5.32 Å². The minimum atomic E-state index is -4.66. The van der Waals surface area contributed by atoms with Gasteiger partial charge in [-0.1, -0.05) is 19.1 Å². The number of halogens is 3. The summed E-state index contributed by atoms with van der Waals surface area (Å²) < 4.78 is 40.4. The first-order valence-corrected chi connectivity index (χ1v) is 7.55. The number of hydrogen-bond acceptors (Lipinski definition) is 3. The normalized spacial score (nSPS) is 13.1. The van der Waals surface area contributed by atoms with Gasteiger partial charge >= 0.3 is 6.36 Å². The molecule has 2 rings (SSSR count). The zero-order valence-electron chi connectivity index (χ0n) is 11.5. The number of nitrogens with one attached hydrogen (secondary N) is 1. The van der Waals surface area contributed by atoms with Crippen LogP contribution in [0.15, 0.2) is 41.1 Å². The van der Waals surface area contributed by atoms with Crippen LogP contribution in [0, 0.1) is 0 Å². The minimum Gasteiger partial charge on any atom is -0.406 e. The van der Waals surface area contributed by atoms with E-state index in [1.807, 2.05) is 16.8 Å². The van der Waals surface area contributed by atoms with Crippen LogP contribution in [-0.2, 0) is 0 Å². The third-order valence-corrected chi connectivity index (χ3v) is 3.62. The first-order chi connectivity index (χ1) is 9.99. The highest BCUT2D eigenvalue weighted by Crippen LogP contribution is 2.28. The van der Waals surface area contributed by atoms with Crippen molar-refractivity contribution < 1.29 is 17.9 Å². The summed E-state index contributed by atoms with van der Waals surface area (Å²) in [4.78, 5) is 0. The maximum Gasteiger partial charge on any atom is 0.573 e. The van der Waals surface area contributed by atoms with Gasteiger partial charge < -0.3 is 10.1 Å². The number of thiophene rings is 1. The molecule has 0 amide bonds. The van der Waals surface area contributed by atoms with Gasteiger partial charge in [0, 0.05) is 0 Å². The molecule has 0 saturated heterocycles. The van der Waals surface area contributed by atoms with Gasteiger partial charge in [-0.3, -0.25) is 0 Å². The Morgan fingerprint density at radius 3 is 2.38 bits per heavy atom. The van der Waals surface area contributed by atoms with E-state index in [4.69, 9.17) is 0 Å². The van der Waals surface area contributed by atoms with Crippen molar-refractivity contribution >= 4 is 11.3 Å². The Hall–Kier alpha value is -1.53. The third kappa shape index (κ3) is 4.75. The third-order valence-electron chi connectivity index (χ3n) is 2.92. The van der Waals surface area contributed by atoms with Crippen LogP contribution < -0.4 is 10.1 Å². The fourth-order valence-electron chi connectivity index (χ4n) is 2.02. The molecule has 0 spiro atoms. The summed E-state index contributed by atoms with van der Waals surface area (Å²) in [5.41, 5.74) is 2.02. The van der Waals surface area contributed by atoms with Crippen molar-refractivity contribution in [2.75, 3.05) is 6.54 Å². The lowest BCUT2D eigenvalue weighted by Gasteiger charge is -2.18. The van der Waals surface area contributed by atoms with E-state index >= 15 is 0 Å². The van der Waals surface area contributed by atoms with Crippen LogP contribution in [0.5, 0.6) is 5.75 Å². The smallest absolute Gasteiger partial charge is 0.406 e. The van der Waals surface area contributed by atoms with Gasteiger partial charge in [0.05, 0.1) is 6.04 Å². The molecule has 6 heteroatoms. The molecule has 114 valence electrons. The molecule has 0 aliphatic carbocycles. The summed E-state index contributed by atoms with van der Waals surface area (Å²) >= 11 is 1.59. The standard InChI is InChI=1S/C15H16F3NOS/c1-2-8-19-14(12-7-9-21-10-12)11-3-5-13(6-4-11)20-15(16,17)18/h3-7,9-10,14,19H,2,8H2,1H3. The summed E-state index contributed by atoms with van der Waals surface area (Å²) in [5.74, 6) is -0.203. The molecule has 1 unspecified atom stereocenters.